The Hall–Kier alpha value is -3.25. The van der Waals surface area contributed by atoms with Gasteiger partial charge < -0.3 is 19.3 Å². The molecule has 0 aliphatic carbocycles. The lowest BCUT2D eigenvalue weighted by Gasteiger charge is -2.25. The van der Waals surface area contributed by atoms with Gasteiger partial charge in [-0.25, -0.2) is 0 Å². The highest BCUT2D eigenvalue weighted by Gasteiger charge is 2.18. The Morgan fingerprint density at radius 3 is 2.27 bits per heavy atom. The van der Waals surface area contributed by atoms with Crippen molar-refractivity contribution >= 4 is 11.6 Å². The summed E-state index contributed by atoms with van der Waals surface area (Å²) in [6.07, 6.45) is 1.62. The number of carbonyl (C=O) groups excluding carboxylic acids is 1. The Bertz CT molecular complexity index is 937. The SMILES string of the molecule is CN(Cc1ccc(N(C)C)cc1)C(=O)CN(Cc1ccco1)Cc1ccccc1O. The number of aromatic hydroxyl groups is 1. The number of furan rings is 1. The zero-order valence-corrected chi connectivity index (χ0v) is 17.8. The molecular weight excluding hydrogens is 378 g/mol. The molecule has 1 N–H and O–H groups in total. The number of phenolic OH excluding ortho intramolecular Hbond substituents is 1. The number of para-hydroxylation sites is 1. The molecule has 2 aromatic carbocycles. The maximum atomic E-state index is 12.9. The quantitative estimate of drug-likeness (QED) is 0.586. The predicted molar refractivity (Wildman–Crippen MR) is 118 cm³/mol. The normalized spacial score (nSPS) is 10.9. The minimum atomic E-state index is 0.00802. The minimum absolute atomic E-state index is 0.00802. The fourth-order valence-corrected chi connectivity index (χ4v) is 3.25. The maximum absolute atomic E-state index is 12.9. The summed E-state index contributed by atoms with van der Waals surface area (Å²) >= 11 is 0. The highest BCUT2D eigenvalue weighted by molar-refractivity contribution is 5.78. The van der Waals surface area contributed by atoms with Crippen LogP contribution in [0, 0.1) is 0 Å². The summed E-state index contributed by atoms with van der Waals surface area (Å²) < 4.78 is 5.47. The third-order valence-electron chi connectivity index (χ3n) is 5.00. The lowest BCUT2D eigenvalue weighted by atomic mass is 10.1. The van der Waals surface area contributed by atoms with Crippen LogP contribution in [0.3, 0.4) is 0 Å². The van der Waals surface area contributed by atoms with Crippen molar-refractivity contribution in [1.29, 1.82) is 0 Å². The Kier molecular flexibility index (Phi) is 7.14. The average Bonchev–Trinajstić information content (AvgIpc) is 3.23. The first kappa shape index (κ1) is 21.5. The standard InChI is InChI=1S/C24H29N3O3/c1-25(2)21-12-10-19(11-13-21)15-26(3)24(29)18-27(17-22-8-6-14-30-22)16-20-7-4-5-9-23(20)28/h4-14,28H,15-18H2,1-3H3. The topological polar surface area (TPSA) is 60.2 Å². The van der Waals surface area contributed by atoms with E-state index < -0.39 is 0 Å². The number of benzene rings is 2. The van der Waals surface area contributed by atoms with E-state index in [1.807, 2.05) is 67.3 Å². The largest absolute Gasteiger partial charge is 0.508 e. The molecule has 6 nitrogen and oxygen atoms in total. The molecule has 1 heterocycles. The Labute approximate surface area is 177 Å². The molecular formula is C24H29N3O3. The summed E-state index contributed by atoms with van der Waals surface area (Å²) in [4.78, 5) is 18.7. The van der Waals surface area contributed by atoms with Crippen LogP contribution in [-0.4, -0.2) is 48.5 Å². The molecule has 1 amide bonds. The van der Waals surface area contributed by atoms with Crippen LogP contribution < -0.4 is 4.90 Å². The molecule has 1 aromatic heterocycles. The van der Waals surface area contributed by atoms with Crippen LogP contribution in [-0.2, 0) is 24.4 Å². The van der Waals surface area contributed by atoms with Crippen molar-refractivity contribution in [2.45, 2.75) is 19.6 Å². The van der Waals surface area contributed by atoms with E-state index >= 15 is 0 Å². The molecule has 6 heteroatoms. The lowest BCUT2D eigenvalue weighted by Crippen LogP contribution is -2.37. The highest BCUT2D eigenvalue weighted by atomic mass is 16.3. The molecule has 0 bridgehead atoms. The van der Waals surface area contributed by atoms with Gasteiger partial charge >= 0.3 is 0 Å². The number of amides is 1. The van der Waals surface area contributed by atoms with Gasteiger partial charge in [-0.05, 0) is 35.9 Å². The summed E-state index contributed by atoms with van der Waals surface area (Å²) in [5.74, 6) is 1.01. The smallest absolute Gasteiger partial charge is 0.236 e. The molecule has 0 atom stereocenters. The van der Waals surface area contributed by atoms with Crippen LogP contribution in [0.15, 0.2) is 71.3 Å². The number of phenols is 1. The van der Waals surface area contributed by atoms with Crippen LogP contribution in [0.2, 0.25) is 0 Å². The van der Waals surface area contributed by atoms with Crippen molar-refractivity contribution < 1.29 is 14.3 Å². The van der Waals surface area contributed by atoms with Gasteiger partial charge in [0.2, 0.25) is 5.91 Å². The first-order valence-corrected chi connectivity index (χ1v) is 9.94. The van der Waals surface area contributed by atoms with Crippen molar-refractivity contribution in [2.24, 2.45) is 0 Å². The molecule has 0 aliphatic rings. The van der Waals surface area contributed by atoms with E-state index in [1.165, 1.54) is 0 Å². The van der Waals surface area contributed by atoms with Gasteiger partial charge in [0.1, 0.15) is 11.5 Å². The minimum Gasteiger partial charge on any atom is -0.508 e. The second-order valence-electron chi connectivity index (χ2n) is 7.66. The summed E-state index contributed by atoms with van der Waals surface area (Å²) in [5, 5.41) is 10.1. The third kappa shape index (κ3) is 5.87. The van der Waals surface area contributed by atoms with Gasteiger partial charge in [0.15, 0.2) is 0 Å². The van der Waals surface area contributed by atoms with Crippen LogP contribution in [0.1, 0.15) is 16.9 Å². The number of hydrogen-bond donors (Lipinski definition) is 1. The number of hydrogen-bond acceptors (Lipinski definition) is 5. The number of rotatable bonds is 9. The number of carbonyl (C=O) groups is 1. The fraction of sp³-hybridized carbons (Fsp3) is 0.292. The van der Waals surface area contributed by atoms with Crippen LogP contribution in [0.25, 0.3) is 0 Å². The first-order chi connectivity index (χ1) is 14.4. The molecule has 0 unspecified atom stereocenters. The van der Waals surface area contributed by atoms with Gasteiger partial charge in [-0.1, -0.05) is 30.3 Å². The molecule has 0 saturated heterocycles. The van der Waals surface area contributed by atoms with Gasteiger partial charge in [-0.15, -0.1) is 0 Å². The van der Waals surface area contributed by atoms with Crippen molar-refractivity contribution in [1.82, 2.24) is 9.80 Å². The zero-order chi connectivity index (χ0) is 21.5. The summed E-state index contributed by atoms with van der Waals surface area (Å²) in [5.41, 5.74) is 2.98. The predicted octanol–water partition coefficient (Wildman–Crippen LogP) is 3.71. The molecule has 30 heavy (non-hydrogen) atoms. The highest BCUT2D eigenvalue weighted by Crippen LogP contribution is 2.20. The summed E-state index contributed by atoms with van der Waals surface area (Å²) in [6, 6.07) is 19.1. The van der Waals surface area contributed by atoms with Crippen LogP contribution in [0.4, 0.5) is 5.69 Å². The van der Waals surface area contributed by atoms with Crippen molar-refractivity contribution in [3.05, 3.63) is 83.8 Å². The molecule has 3 aromatic rings. The second kappa shape index (κ2) is 9.98. The Balaban J connectivity index is 1.66. The molecule has 0 spiro atoms. The Morgan fingerprint density at radius 1 is 0.900 bits per heavy atom. The molecule has 158 valence electrons. The van der Waals surface area contributed by atoms with Crippen LogP contribution in [0.5, 0.6) is 5.75 Å². The van der Waals surface area contributed by atoms with E-state index in [1.54, 1.807) is 23.3 Å². The summed E-state index contributed by atoms with van der Waals surface area (Å²) in [6.45, 7) is 1.70. The van der Waals surface area contributed by atoms with E-state index in [0.717, 1.165) is 22.6 Å². The Morgan fingerprint density at radius 2 is 1.63 bits per heavy atom. The fourth-order valence-electron chi connectivity index (χ4n) is 3.25. The van der Waals surface area contributed by atoms with Gasteiger partial charge in [0.25, 0.3) is 0 Å². The van der Waals surface area contributed by atoms with E-state index in [0.29, 0.717) is 19.6 Å². The van der Waals surface area contributed by atoms with Crippen molar-refractivity contribution in [2.75, 3.05) is 32.6 Å². The molecule has 0 aliphatic heterocycles. The summed E-state index contributed by atoms with van der Waals surface area (Å²) in [7, 11) is 5.82. The number of likely N-dealkylation sites (N-methyl/N-ethyl adjacent to an activating group) is 1. The first-order valence-electron chi connectivity index (χ1n) is 9.94. The molecule has 0 radical (unpaired) electrons. The maximum Gasteiger partial charge on any atom is 0.236 e. The van der Waals surface area contributed by atoms with Gasteiger partial charge in [-0.3, -0.25) is 9.69 Å². The lowest BCUT2D eigenvalue weighted by molar-refractivity contribution is -0.132. The van der Waals surface area contributed by atoms with Crippen molar-refractivity contribution in [3.8, 4) is 5.75 Å². The van der Waals surface area contributed by atoms with Gasteiger partial charge in [0.05, 0.1) is 19.4 Å². The van der Waals surface area contributed by atoms with E-state index in [9.17, 15) is 9.90 Å². The van der Waals surface area contributed by atoms with Crippen LogP contribution >= 0.6 is 0 Å². The number of nitrogens with zero attached hydrogens (tertiary/aromatic N) is 3. The van der Waals surface area contributed by atoms with E-state index in [4.69, 9.17) is 4.42 Å². The van der Waals surface area contributed by atoms with Gasteiger partial charge in [-0.2, -0.15) is 0 Å². The molecule has 0 saturated carbocycles. The van der Waals surface area contributed by atoms with Crippen molar-refractivity contribution in [3.63, 3.8) is 0 Å². The molecule has 3 rings (SSSR count). The molecule has 0 fully saturated rings. The monoisotopic (exact) mass is 407 g/mol. The van der Waals surface area contributed by atoms with E-state index in [-0.39, 0.29) is 18.2 Å². The zero-order valence-electron chi connectivity index (χ0n) is 17.8. The average molecular weight is 408 g/mol. The van der Waals surface area contributed by atoms with Gasteiger partial charge in [0, 0.05) is 45.5 Å². The third-order valence-corrected chi connectivity index (χ3v) is 5.00. The number of anilines is 1. The van der Waals surface area contributed by atoms with E-state index in [2.05, 4.69) is 12.1 Å². The second-order valence-corrected chi connectivity index (χ2v) is 7.66.